The molecule has 1 unspecified atom stereocenters. The van der Waals surface area contributed by atoms with Crippen molar-refractivity contribution in [3.05, 3.63) is 36.0 Å². The number of carbonyl (C=O) groups is 1. The Hall–Kier alpha value is -1.81. The van der Waals surface area contributed by atoms with Crippen molar-refractivity contribution in [2.24, 2.45) is 5.92 Å². The Labute approximate surface area is 125 Å². The van der Waals surface area contributed by atoms with Crippen LogP contribution in [0.25, 0.3) is 10.9 Å². The van der Waals surface area contributed by atoms with E-state index in [1.165, 1.54) is 0 Å². The van der Waals surface area contributed by atoms with E-state index in [2.05, 4.69) is 23.9 Å². The lowest BCUT2D eigenvalue weighted by molar-refractivity contribution is 0.0785. The number of carbonyl (C=O) groups excluding carboxylic acids is 1. The predicted octanol–water partition coefficient (Wildman–Crippen LogP) is 2.58. The summed E-state index contributed by atoms with van der Waals surface area (Å²) >= 11 is 0. The summed E-state index contributed by atoms with van der Waals surface area (Å²) in [4.78, 5) is 20.1. The molecule has 0 radical (unpaired) electrons. The van der Waals surface area contributed by atoms with Gasteiger partial charge in [-0.1, -0.05) is 6.92 Å². The maximum atomic E-state index is 12.6. The van der Waals surface area contributed by atoms with Crippen LogP contribution in [0.1, 0.15) is 23.7 Å². The van der Waals surface area contributed by atoms with Crippen LogP contribution in [-0.2, 0) is 0 Å². The Morgan fingerprint density at radius 3 is 3.10 bits per heavy atom. The standard InChI is InChI=1S/C17H23N3O/c1-3-19(2)11-13-7-9-20(12-13)17(21)15-4-5-16-14(10-15)6-8-18-16/h4-6,8,10,13,18H,3,7,9,11-12H2,1-2H3. The van der Waals surface area contributed by atoms with Gasteiger partial charge in [-0.05, 0) is 50.2 Å². The number of nitrogens with one attached hydrogen (secondary N) is 1. The number of fused-ring (bicyclic) bond motifs is 1. The summed E-state index contributed by atoms with van der Waals surface area (Å²) in [5.41, 5.74) is 1.88. The lowest BCUT2D eigenvalue weighted by Gasteiger charge is -2.20. The molecule has 4 heteroatoms. The molecule has 1 aliphatic rings. The number of likely N-dealkylation sites (tertiary alicyclic amines) is 1. The van der Waals surface area contributed by atoms with Crippen molar-refractivity contribution in [1.29, 1.82) is 0 Å². The van der Waals surface area contributed by atoms with Gasteiger partial charge in [-0.3, -0.25) is 4.79 Å². The number of hydrogen-bond donors (Lipinski definition) is 1. The normalized spacial score (nSPS) is 18.8. The van der Waals surface area contributed by atoms with Gasteiger partial charge in [0.05, 0.1) is 0 Å². The van der Waals surface area contributed by atoms with E-state index >= 15 is 0 Å². The van der Waals surface area contributed by atoms with Crippen LogP contribution >= 0.6 is 0 Å². The minimum absolute atomic E-state index is 0.166. The van der Waals surface area contributed by atoms with Gasteiger partial charge in [0, 0.05) is 42.3 Å². The zero-order chi connectivity index (χ0) is 14.8. The first-order chi connectivity index (χ1) is 10.2. The smallest absolute Gasteiger partial charge is 0.253 e. The highest BCUT2D eigenvalue weighted by Crippen LogP contribution is 2.21. The highest BCUT2D eigenvalue weighted by molar-refractivity contribution is 5.98. The van der Waals surface area contributed by atoms with Gasteiger partial charge in [0.1, 0.15) is 0 Å². The molecule has 112 valence electrons. The lowest BCUT2D eigenvalue weighted by atomic mass is 10.1. The zero-order valence-corrected chi connectivity index (χ0v) is 12.8. The van der Waals surface area contributed by atoms with Crippen LogP contribution in [0.3, 0.4) is 0 Å². The summed E-state index contributed by atoms with van der Waals surface area (Å²) < 4.78 is 0. The topological polar surface area (TPSA) is 39.3 Å². The van der Waals surface area contributed by atoms with Crippen molar-refractivity contribution in [2.75, 3.05) is 33.2 Å². The van der Waals surface area contributed by atoms with Gasteiger partial charge in [0.25, 0.3) is 5.91 Å². The molecule has 1 N–H and O–H groups in total. The summed E-state index contributed by atoms with van der Waals surface area (Å²) in [6.45, 7) is 6.08. The Morgan fingerprint density at radius 1 is 1.43 bits per heavy atom. The highest BCUT2D eigenvalue weighted by atomic mass is 16.2. The Kier molecular flexibility index (Phi) is 3.97. The molecule has 0 bridgehead atoms. The Balaban J connectivity index is 1.68. The number of rotatable bonds is 4. The average molecular weight is 285 g/mol. The van der Waals surface area contributed by atoms with Gasteiger partial charge in [0.15, 0.2) is 0 Å². The molecule has 0 saturated carbocycles. The third-order valence-corrected chi connectivity index (χ3v) is 4.48. The van der Waals surface area contributed by atoms with Gasteiger partial charge in [-0.2, -0.15) is 0 Å². The van der Waals surface area contributed by atoms with Gasteiger partial charge >= 0.3 is 0 Å². The third-order valence-electron chi connectivity index (χ3n) is 4.48. The van der Waals surface area contributed by atoms with E-state index in [0.717, 1.165) is 49.1 Å². The lowest BCUT2D eigenvalue weighted by Crippen LogP contribution is -2.31. The zero-order valence-electron chi connectivity index (χ0n) is 12.8. The molecule has 0 aliphatic carbocycles. The number of benzene rings is 1. The van der Waals surface area contributed by atoms with Crippen molar-refractivity contribution >= 4 is 16.8 Å². The van der Waals surface area contributed by atoms with E-state index < -0.39 is 0 Å². The van der Waals surface area contributed by atoms with E-state index in [4.69, 9.17) is 0 Å². The number of aromatic nitrogens is 1. The van der Waals surface area contributed by atoms with Crippen LogP contribution in [0, 0.1) is 5.92 Å². The molecule has 1 saturated heterocycles. The molecule has 21 heavy (non-hydrogen) atoms. The second-order valence-corrected chi connectivity index (χ2v) is 6.04. The SMILES string of the molecule is CCN(C)CC1CCN(C(=O)c2ccc3[nH]ccc3c2)C1. The van der Waals surface area contributed by atoms with Crippen molar-refractivity contribution in [3.8, 4) is 0 Å². The van der Waals surface area contributed by atoms with E-state index in [1.54, 1.807) is 0 Å². The minimum atomic E-state index is 0.166. The van der Waals surface area contributed by atoms with Crippen molar-refractivity contribution in [3.63, 3.8) is 0 Å². The van der Waals surface area contributed by atoms with Crippen molar-refractivity contribution < 1.29 is 4.79 Å². The van der Waals surface area contributed by atoms with Crippen LogP contribution in [-0.4, -0.2) is 53.9 Å². The first-order valence-corrected chi connectivity index (χ1v) is 7.72. The van der Waals surface area contributed by atoms with E-state index in [0.29, 0.717) is 5.92 Å². The minimum Gasteiger partial charge on any atom is -0.361 e. The predicted molar refractivity (Wildman–Crippen MR) is 85.5 cm³/mol. The first kappa shape index (κ1) is 14.1. The number of hydrogen-bond acceptors (Lipinski definition) is 2. The summed E-state index contributed by atoms with van der Waals surface area (Å²) in [7, 11) is 2.14. The Morgan fingerprint density at radius 2 is 2.29 bits per heavy atom. The fraction of sp³-hybridized carbons (Fsp3) is 0.471. The van der Waals surface area contributed by atoms with Gasteiger partial charge < -0.3 is 14.8 Å². The number of H-pyrrole nitrogens is 1. The third kappa shape index (κ3) is 2.95. The molecular weight excluding hydrogens is 262 g/mol. The van der Waals surface area contributed by atoms with Gasteiger partial charge in [0.2, 0.25) is 0 Å². The quantitative estimate of drug-likeness (QED) is 0.938. The van der Waals surface area contributed by atoms with E-state index in [9.17, 15) is 4.79 Å². The molecular formula is C17H23N3O. The number of nitrogens with zero attached hydrogens (tertiary/aromatic N) is 2. The second-order valence-electron chi connectivity index (χ2n) is 6.04. The molecule has 0 spiro atoms. The fourth-order valence-electron chi connectivity index (χ4n) is 3.10. The van der Waals surface area contributed by atoms with Gasteiger partial charge in [-0.15, -0.1) is 0 Å². The molecule has 2 aromatic rings. The maximum absolute atomic E-state index is 12.6. The van der Waals surface area contributed by atoms with Crippen LogP contribution < -0.4 is 0 Å². The summed E-state index contributed by atoms with van der Waals surface area (Å²) in [6.07, 6.45) is 3.02. The van der Waals surface area contributed by atoms with E-state index in [1.807, 2.05) is 35.4 Å². The maximum Gasteiger partial charge on any atom is 0.253 e. The molecule has 1 aliphatic heterocycles. The second kappa shape index (κ2) is 5.90. The van der Waals surface area contributed by atoms with Crippen LogP contribution in [0.15, 0.2) is 30.5 Å². The van der Waals surface area contributed by atoms with Crippen LogP contribution in [0.5, 0.6) is 0 Å². The summed E-state index contributed by atoms with van der Waals surface area (Å²) in [5.74, 6) is 0.773. The van der Waals surface area contributed by atoms with Crippen molar-refractivity contribution in [1.82, 2.24) is 14.8 Å². The van der Waals surface area contributed by atoms with E-state index in [-0.39, 0.29) is 5.91 Å². The van der Waals surface area contributed by atoms with Crippen molar-refractivity contribution in [2.45, 2.75) is 13.3 Å². The molecule has 1 aromatic heterocycles. The highest BCUT2D eigenvalue weighted by Gasteiger charge is 2.27. The largest absolute Gasteiger partial charge is 0.361 e. The molecule has 1 aromatic carbocycles. The summed E-state index contributed by atoms with van der Waals surface area (Å²) in [6, 6.07) is 7.91. The molecule has 3 rings (SSSR count). The van der Waals surface area contributed by atoms with Gasteiger partial charge in [-0.25, -0.2) is 0 Å². The molecule has 2 heterocycles. The summed E-state index contributed by atoms with van der Waals surface area (Å²) in [5, 5.41) is 1.10. The van der Waals surface area contributed by atoms with Crippen LogP contribution in [0.4, 0.5) is 0 Å². The number of aromatic amines is 1. The molecule has 1 amide bonds. The monoisotopic (exact) mass is 285 g/mol. The average Bonchev–Trinajstić information content (AvgIpc) is 3.14. The van der Waals surface area contributed by atoms with Crippen LogP contribution in [0.2, 0.25) is 0 Å². The number of amides is 1. The Bertz CT molecular complexity index is 634. The molecule has 4 nitrogen and oxygen atoms in total. The first-order valence-electron chi connectivity index (χ1n) is 7.72. The molecule has 1 fully saturated rings. The fourth-order valence-corrected chi connectivity index (χ4v) is 3.10. The molecule has 1 atom stereocenters.